The second kappa shape index (κ2) is 11.8. The van der Waals surface area contributed by atoms with Crippen LogP contribution in [0.25, 0.3) is 0 Å². The topological polar surface area (TPSA) is 87.7 Å². The van der Waals surface area contributed by atoms with Crippen molar-refractivity contribution in [1.82, 2.24) is 14.9 Å². The van der Waals surface area contributed by atoms with Crippen LogP contribution in [0.15, 0.2) is 35.1 Å². The number of rotatable bonds is 6. The maximum Gasteiger partial charge on any atom is 0.404 e. The number of aromatic nitrogens is 2. The van der Waals surface area contributed by atoms with Gasteiger partial charge in [0.15, 0.2) is 0 Å². The second-order valence-corrected chi connectivity index (χ2v) is 11.9. The van der Waals surface area contributed by atoms with Crippen molar-refractivity contribution in [2.24, 2.45) is 5.92 Å². The van der Waals surface area contributed by atoms with Gasteiger partial charge in [-0.3, -0.25) is 14.5 Å². The molecule has 0 radical (unpaired) electrons. The van der Waals surface area contributed by atoms with Gasteiger partial charge in [-0.05, 0) is 76.8 Å². The van der Waals surface area contributed by atoms with Crippen molar-refractivity contribution in [3.8, 4) is 0 Å². The molecule has 1 N–H and O–H groups in total. The number of hydrogen-bond donors (Lipinski definition) is 1. The number of halogens is 4. The average molecular weight is 612 g/mol. The molecular weight excluding hydrogens is 579 g/mol. The summed E-state index contributed by atoms with van der Waals surface area (Å²) in [5.41, 5.74) is 0.701. The fourth-order valence-electron chi connectivity index (χ4n) is 4.96. The molecule has 0 aliphatic carbocycles. The van der Waals surface area contributed by atoms with E-state index < -0.39 is 23.7 Å². The highest BCUT2D eigenvalue weighted by molar-refractivity contribution is 9.10. The molecule has 12 heteroatoms. The summed E-state index contributed by atoms with van der Waals surface area (Å²) in [6, 6.07) is 3.66. The highest BCUT2D eigenvalue weighted by atomic mass is 79.9. The maximum atomic E-state index is 13.3. The number of esters is 1. The summed E-state index contributed by atoms with van der Waals surface area (Å²) in [4.78, 5) is 37.3. The molecule has 2 saturated heterocycles. The van der Waals surface area contributed by atoms with Crippen LogP contribution in [0.4, 0.5) is 24.7 Å². The largest absolute Gasteiger partial charge is 0.460 e. The van der Waals surface area contributed by atoms with E-state index in [1.807, 2.05) is 25.7 Å². The second-order valence-electron chi connectivity index (χ2n) is 11.0. The Labute approximate surface area is 234 Å². The van der Waals surface area contributed by atoms with Crippen LogP contribution in [-0.4, -0.2) is 64.2 Å². The number of carbonyl (C=O) groups excluding carboxylic acids is 2. The SMILES string of the molecule is CC(C)(C)OC(=O)C1CCN(c2cnc(C(=O)Nc3cc(Br)cc(CN4CCC[C@H]4C(F)(F)F)c3)cn2)CC1. The predicted octanol–water partition coefficient (Wildman–Crippen LogP) is 5.58. The smallest absolute Gasteiger partial charge is 0.404 e. The predicted molar refractivity (Wildman–Crippen MR) is 144 cm³/mol. The average Bonchev–Trinajstić information content (AvgIpc) is 3.31. The van der Waals surface area contributed by atoms with Crippen molar-refractivity contribution in [3.63, 3.8) is 0 Å². The van der Waals surface area contributed by atoms with Crippen LogP contribution in [0, 0.1) is 5.92 Å². The van der Waals surface area contributed by atoms with E-state index in [-0.39, 0.29) is 30.5 Å². The lowest BCUT2D eigenvalue weighted by Gasteiger charge is -2.33. The van der Waals surface area contributed by atoms with Gasteiger partial charge < -0.3 is 15.0 Å². The van der Waals surface area contributed by atoms with Gasteiger partial charge in [-0.25, -0.2) is 9.97 Å². The van der Waals surface area contributed by atoms with Gasteiger partial charge in [0.2, 0.25) is 0 Å². The number of anilines is 2. The van der Waals surface area contributed by atoms with E-state index in [9.17, 15) is 22.8 Å². The van der Waals surface area contributed by atoms with Crippen LogP contribution in [0.2, 0.25) is 0 Å². The Morgan fingerprint density at radius 3 is 2.38 bits per heavy atom. The molecule has 2 fully saturated rings. The molecule has 3 heterocycles. The zero-order valence-electron chi connectivity index (χ0n) is 22.2. The number of hydrogen-bond acceptors (Lipinski definition) is 7. The number of nitrogens with zero attached hydrogens (tertiary/aromatic N) is 4. The van der Waals surface area contributed by atoms with Gasteiger partial charge in [0.25, 0.3) is 5.91 Å². The first kappa shape index (κ1) is 29.3. The quantitative estimate of drug-likeness (QED) is 0.427. The third kappa shape index (κ3) is 7.91. The first-order valence-corrected chi connectivity index (χ1v) is 13.8. The van der Waals surface area contributed by atoms with E-state index in [1.165, 1.54) is 17.3 Å². The summed E-state index contributed by atoms with van der Waals surface area (Å²) in [5, 5.41) is 2.76. The van der Waals surface area contributed by atoms with Crippen molar-refractivity contribution in [1.29, 1.82) is 0 Å². The maximum absolute atomic E-state index is 13.3. The number of benzene rings is 1. The Bertz CT molecular complexity index is 1180. The Kier molecular flexibility index (Phi) is 8.85. The number of nitrogens with one attached hydrogen (secondary N) is 1. The Hall–Kier alpha value is -2.73. The van der Waals surface area contributed by atoms with Crippen molar-refractivity contribution in [2.45, 2.75) is 70.8 Å². The molecule has 2 aromatic rings. The van der Waals surface area contributed by atoms with Crippen molar-refractivity contribution < 1.29 is 27.5 Å². The Balaban J connectivity index is 1.34. The summed E-state index contributed by atoms with van der Waals surface area (Å²) in [6.45, 7) is 7.30. The third-order valence-corrected chi connectivity index (χ3v) is 7.23. The van der Waals surface area contributed by atoms with Crippen LogP contribution < -0.4 is 10.2 Å². The first-order chi connectivity index (χ1) is 18.3. The number of alkyl halides is 3. The fraction of sp³-hybridized carbons (Fsp3) is 0.556. The first-order valence-electron chi connectivity index (χ1n) is 13.0. The Morgan fingerprint density at radius 1 is 1.05 bits per heavy atom. The van der Waals surface area contributed by atoms with E-state index in [2.05, 4.69) is 31.2 Å². The molecule has 0 spiro atoms. The summed E-state index contributed by atoms with van der Waals surface area (Å²) in [6.07, 6.45) is 0.534. The molecule has 39 heavy (non-hydrogen) atoms. The van der Waals surface area contributed by atoms with Crippen LogP contribution in [0.3, 0.4) is 0 Å². The molecule has 212 valence electrons. The van der Waals surface area contributed by atoms with Crippen LogP contribution in [0.5, 0.6) is 0 Å². The zero-order chi connectivity index (χ0) is 28.4. The summed E-state index contributed by atoms with van der Waals surface area (Å²) in [7, 11) is 0. The normalized spacial score (nSPS) is 19.3. The minimum atomic E-state index is -4.27. The molecule has 2 aliphatic heterocycles. The standard InChI is InChI=1S/C27H33BrF3N5O3/c1-26(2,3)39-25(38)18-6-9-35(10-7-18)23-15-32-21(14-33-23)24(37)34-20-12-17(11-19(28)13-20)16-36-8-4-5-22(36)27(29,30)31/h11-15,18,22H,4-10,16H2,1-3H3,(H,34,37)/t22-/m0/s1. The number of carbonyl (C=O) groups is 2. The van der Waals surface area contributed by atoms with E-state index in [0.29, 0.717) is 60.4 Å². The minimum absolute atomic E-state index is 0.0948. The molecule has 0 saturated carbocycles. The van der Waals surface area contributed by atoms with Crippen molar-refractivity contribution in [2.75, 3.05) is 29.9 Å². The monoisotopic (exact) mass is 611 g/mol. The van der Waals surface area contributed by atoms with Gasteiger partial charge in [0.1, 0.15) is 23.2 Å². The van der Waals surface area contributed by atoms with E-state index in [4.69, 9.17) is 4.74 Å². The van der Waals surface area contributed by atoms with Gasteiger partial charge in [0, 0.05) is 29.8 Å². The molecule has 8 nitrogen and oxygen atoms in total. The van der Waals surface area contributed by atoms with E-state index in [1.54, 1.807) is 18.2 Å². The lowest BCUT2D eigenvalue weighted by atomic mass is 9.96. The molecular formula is C27H33BrF3N5O3. The zero-order valence-corrected chi connectivity index (χ0v) is 23.8. The van der Waals surface area contributed by atoms with Gasteiger partial charge in [-0.1, -0.05) is 15.9 Å². The van der Waals surface area contributed by atoms with Gasteiger partial charge in [0.05, 0.1) is 18.3 Å². The number of ether oxygens (including phenoxy) is 1. The minimum Gasteiger partial charge on any atom is -0.460 e. The van der Waals surface area contributed by atoms with Crippen molar-refractivity contribution in [3.05, 3.63) is 46.3 Å². The molecule has 2 aliphatic rings. The Morgan fingerprint density at radius 2 is 1.77 bits per heavy atom. The van der Waals surface area contributed by atoms with Gasteiger partial charge in [-0.2, -0.15) is 13.2 Å². The number of likely N-dealkylation sites (tertiary alicyclic amines) is 1. The molecule has 1 atom stereocenters. The molecule has 4 rings (SSSR count). The van der Waals surface area contributed by atoms with Gasteiger partial charge in [-0.15, -0.1) is 0 Å². The highest BCUT2D eigenvalue weighted by Crippen LogP contribution is 2.34. The van der Waals surface area contributed by atoms with E-state index in [0.717, 1.165) is 0 Å². The fourth-order valence-corrected chi connectivity index (χ4v) is 5.50. The summed E-state index contributed by atoms with van der Waals surface area (Å²) < 4.78 is 46.2. The molecule has 0 bridgehead atoms. The van der Waals surface area contributed by atoms with E-state index >= 15 is 0 Å². The molecule has 0 unspecified atom stereocenters. The molecule has 1 amide bonds. The summed E-state index contributed by atoms with van der Waals surface area (Å²) in [5.74, 6) is -0.199. The van der Waals surface area contributed by atoms with Crippen LogP contribution >= 0.6 is 15.9 Å². The van der Waals surface area contributed by atoms with Crippen LogP contribution in [0.1, 0.15) is 62.5 Å². The van der Waals surface area contributed by atoms with Gasteiger partial charge >= 0.3 is 12.1 Å². The molecule has 1 aromatic carbocycles. The number of piperidine rings is 1. The van der Waals surface area contributed by atoms with Crippen molar-refractivity contribution >= 4 is 39.3 Å². The lowest BCUT2D eigenvalue weighted by Crippen LogP contribution is -2.40. The third-order valence-electron chi connectivity index (χ3n) is 6.77. The summed E-state index contributed by atoms with van der Waals surface area (Å²) >= 11 is 3.39. The molecule has 1 aromatic heterocycles. The number of amides is 1. The van der Waals surface area contributed by atoms with Crippen LogP contribution in [-0.2, 0) is 16.1 Å². The lowest BCUT2D eigenvalue weighted by molar-refractivity contribution is -0.177. The highest BCUT2D eigenvalue weighted by Gasteiger charge is 2.45.